The fraction of sp³-hybridized carbons (Fsp3) is 0.733. The summed E-state index contributed by atoms with van der Waals surface area (Å²) in [5.41, 5.74) is 0.662. The number of aliphatic hydroxyl groups excluding tert-OH is 1. The SMILES string of the molecule is CCCn1cc(S(=O)(=O)N2C(C)CCC2CC)cc1CO. The third-order valence-corrected chi connectivity index (χ3v) is 6.38. The number of sulfonamides is 1. The van der Waals surface area contributed by atoms with Gasteiger partial charge in [0.15, 0.2) is 0 Å². The predicted molar refractivity (Wildman–Crippen MR) is 82.4 cm³/mol. The van der Waals surface area contributed by atoms with Gasteiger partial charge in [-0.15, -0.1) is 0 Å². The van der Waals surface area contributed by atoms with Gasteiger partial charge in [-0.2, -0.15) is 4.31 Å². The topological polar surface area (TPSA) is 62.5 Å². The number of hydrogen-bond acceptors (Lipinski definition) is 3. The third kappa shape index (κ3) is 3.03. The molecule has 0 amide bonds. The summed E-state index contributed by atoms with van der Waals surface area (Å²) in [6.07, 6.45) is 5.26. The van der Waals surface area contributed by atoms with E-state index >= 15 is 0 Å². The highest BCUT2D eigenvalue weighted by atomic mass is 32.2. The van der Waals surface area contributed by atoms with Crippen molar-refractivity contribution >= 4 is 10.0 Å². The molecule has 6 heteroatoms. The van der Waals surface area contributed by atoms with Crippen molar-refractivity contribution in [3.05, 3.63) is 18.0 Å². The van der Waals surface area contributed by atoms with Gasteiger partial charge in [0.25, 0.3) is 0 Å². The summed E-state index contributed by atoms with van der Waals surface area (Å²) >= 11 is 0. The van der Waals surface area contributed by atoms with Crippen LogP contribution in [0.4, 0.5) is 0 Å². The van der Waals surface area contributed by atoms with E-state index in [1.54, 1.807) is 16.6 Å². The summed E-state index contributed by atoms with van der Waals surface area (Å²) in [7, 11) is -3.48. The Bertz CT molecular complexity index is 580. The van der Waals surface area contributed by atoms with Crippen molar-refractivity contribution in [3.8, 4) is 0 Å². The molecule has 2 atom stereocenters. The maximum absolute atomic E-state index is 12.9. The van der Waals surface area contributed by atoms with Gasteiger partial charge >= 0.3 is 0 Å². The number of hydrogen-bond donors (Lipinski definition) is 1. The first-order valence-electron chi connectivity index (χ1n) is 7.79. The number of rotatable bonds is 6. The van der Waals surface area contributed by atoms with Crippen molar-refractivity contribution in [2.24, 2.45) is 0 Å². The van der Waals surface area contributed by atoms with Crippen molar-refractivity contribution in [3.63, 3.8) is 0 Å². The number of aromatic nitrogens is 1. The zero-order valence-electron chi connectivity index (χ0n) is 13.1. The smallest absolute Gasteiger partial charge is 0.245 e. The van der Waals surface area contributed by atoms with E-state index in [0.29, 0.717) is 10.6 Å². The van der Waals surface area contributed by atoms with Crippen LogP contribution in [0.3, 0.4) is 0 Å². The summed E-state index contributed by atoms with van der Waals surface area (Å²) in [5, 5.41) is 9.41. The second-order valence-corrected chi connectivity index (χ2v) is 7.69. The minimum atomic E-state index is -3.48. The van der Waals surface area contributed by atoms with E-state index in [-0.39, 0.29) is 18.7 Å². The molecule has 1 aliphatic rings. The first-order chi connectivity index (χ1) is 9.95. The maximum atomic E-state index is 12.9. The van der Waals surface area contributed by atoms with Crippen molar-refractivity contribution in [1.82, 2.24) is 8.87 Å². The van der Waals surface area contributed by atoms with Crippen LogP contribution < -0.4 is 0 Å². The molecular weight excluding hydrogens is 288 g/mol. The predicted octanol–water partition coefficient (Wildman–Crippen LogP) is 2.34. The minimum Gasteiger partial charge on any atom is -0.390 e. The number of aliphatic hydroxyl groups is 1. The van der Waals surface area contributed by atoms with Crippen LogP contribution in [0, 0.1) is 0 Å². The van der Waals surface area contributed by atoms with E-state index in [9.17, 15) is 13.5 Å². The van der Waals surface area contributed by atoms with Crippen molar-refractivity contribution in [2.75, 3.05) is 0 Å². The van der Waals surface area contributed by atoms with Gasteiger partial charge in [0.05, 0.1) is 6.61 Å². The van der Waals surface area contributed by atoms with Gasteiger partial charge in [0.1, 0.15) is 4.90 Å². The fourth-order valence-electron chi connectivity index (χ4n) is 3.23. The van der Waals surface area contributed by atoms with E-state index in [4.69, 9.17) is 0 Å². The van der Waals surface area contributed by atoms with Crippen molar-refractivity contribution in [1.29, 1.82) is 0 Å². The highest BCUT2D eigenvalue weighted by Gasteiger charge is 2.39. The van der Waals surface area contributed by atoms with Crippen molar-refractivity contribution in [2.45, 2.75) is 76.6 Å². The number of aryl methyl sites for hydroxylation is 1. The van der Waals surface area contributed by atoms with Crippen LogP contribution in [0.15, 0.2) is 17.2 Å². The normalized spacial score (nSPS) is 23.8. The minimum absolute atomic E-state index is 0.0482. The molecule has 2 heterocycles. The van der Waals surface area contributed by atoms with Gasteiger partial charge in [0.2, 0.25) is 10.0 Å². The zero-order chi connectivity index (χ0) is 15.6. The highest BCUT2D eigenvalue weighted by Crippen LogP contribution is 2.33. The molecule has 21 heavy (non-hydrogen) atoms. The summed E-state index contributed by atoms with van der Waals surface area (Å²) < 4.78 is 29.4. The molecule has 5 nitrogen and oxygen atoms in total. The molecular formula is C15H26N2O3S. The van der Waals surface area contributed by atoms with Gasteiger partial charge in [-0.25, -0.2) is 8.42 Å². The lowest BCUT2D eigenvalue weighted by Crippen LogP contribution is -2.39. The molecule has 120 valence electrons. The summed E-state index contributed by atoms with van der Waals surface area (Å²) in [5.74, 6) is 0. The lowest BCUT2D eigenvalue weighted by Gasteiger charge is -2.26. The average Bonchev–Trinajstić information content (AvgIpc) is 3.03. The van der Waals surface area contributed by atoms with Crippen LogP contribution in [-0.4, -0.2) is 34.5 Å². The van der Waals surface area contributed by atoms with Gasteiger partial charge in [-0.3, -0.25) is 0 Å². The number of nitrogens with zero attached hydrogens (tertiary/aromatic N) is 2. The Kier molecular flexibility index (Phi) is 5.11. The van der Waals surface area contributed by atoms with Crippen LogP contribution in [0.2, 0.25) is 0 Å². The van der Waals surface area contributed by atoms with Crippen LogP contribution in [0.1, 0.15) is 52.1 Å². The molecule has 0 aromatic carbocycles. The first kappa shape index (κ1) is 16.5. The molecule has 0 saturated carbocycles. The molecule has 0 spiro atoms. The second-order valence-electron chi connectivity index (χ2n) is 5.84. The summed E-state index contributed by atoms with van der Waals surface area (Å²) in [6.45, 7) is 6.63. The largest absolute Gasteiger partial charge is 0.390 e. The average molecular weight is 314 g/mol. The molecule has 1 aliphatic heterocycles. The summed E-state index contributed by atoms with van der Waals surface area (Å²) in [6, 6.07) is 1.76. The second kappa shape index (κ2) is 6.50. The van der Waals surface area contributed by atoms with Crippen LogP contribution >= 0.6 is 0 Å². The van der Waals surface area contributed by atoms with Crippen LogP contribution in [0.5, 0.6) is 0 Å². The van der Waals surface area contributed by atoms with E-state index < -0.39 is 10.0 Å². The Hall–Kier alpha value is -0.850. The molecule has 0 bridgehead atoms. The third-order valence-electron chi connectivity index (χ3n) is 4.35. The Morgan fingerprint density at radius 2 is 2.05 bits per heavy atom. The standard InChI is InChI=1S/C15H26N2O3S/c1-4-8-16-10-15(9-14(16)11-18)21(19,20)17-12(3)6-7-13(17)5-2/h9-10,12-13,18H,4-8,11H2,1-3H3. The van der Waals surface area contributed by atoms with Crippen LogP contribution in [-0.2, 0) is 23.2 Å². The van der Waals surface area contributed by atoms with Gasteiger partial charge in [-0.1, -0.05) is 13.8 Å². The van der Waals surface area contributed by atoms with E-state index in [0.717, 1.165) is 32.2 Å². The van der Waals surface area contributed by atoms with Crippen LogP contribution in [0.25, 0.3) is 0 Å². The van der Waals surface area contributed by atoms with E-state index in [2.05, 4.69) is 0 Å². The Balaban J connectivity index is 2.39. The zero-order valence-corrected chi connectivity index (χ0v) is 13.9. The molecule has 2 rings (SSSR count). The fourth-order valence-corrected chi connectivity index (χ4v) is 5.25. The van der Waals surface area contributed by atoms with Gasteiger partial charge in [0, 0.05) is 30.5 Å². The molecule has 1 aromatic heterocycles. The molecule has 0 aliphatic carbocycles. The molecule has 0 radical (unpaired) electrons. The quantitative estimate of drug-likeness (QED) is 0.876. The Morgan fingerprint density at radius 3 is 2.62 bits per heavy atom. The van der Waals surface area contributed by atoms with E-state index in [1.807, 2.05) is 25.3 Å². The molecule has 1 N–H and O–H groups in total. The summed E-state index contributed by atoms with van der Waals surface area (Å²) in [4.78, 5) is 0.312. The van der Waals surface area contributed by atoms with Gasteiger partial charge < -0.3 is 9.67 Å². The molecule has 1 saturated heterocycles. The molecule has 2 unspecified atom stereocenters. The van der Waals surface area contributed by atoms with Gasteiger partial charge in [-0.05, 0) is 38.7 Å². The maximum Gasteiger partial charge on any atom is 0.245 e. The molecule has 1 fully saturated rings. The first-order valence-corrected chi connectivity index (χ1v) is 9.23. The monoisotopic (exact) mass is 314 g/mol. The van der Waals surface area contributed by atoms with Crippen molar-refractivity contribution < 1.29 is 13.5 Å². The van der Waals surface area contributed by atoms with E-state index in [1.165, 1.54) is 0 Å². The Morgan fingerprint density at radius 1 is 1.33 bits per heavy atom. The lowest BCUT2D eigenvalue weighted by molar-refractivity contribution is 0.270. The Labute approximate surface area is 127 Å². The molecule has 1 aromatic rings. The highest BCUT2D eigenvalue weighted by molar-refractivity contribution is 7.89. The lowest BCUT2D eigenvalue weighted by atomic mass is 10.2.